The van der Waals surface area contributed by atoms with Gasteiger partial charge in [-0.05, 0) is 19.8 Å². The van der Waals surface area contributed by atoms with Crippen LogP contribution in [0.2, 0.25) is 0 Å². The number of nitrogens with zero attached hydrogens (tertiary/aromatic N) is 1. The Hall–Kier alpha value is -0.610. The molecule has 2 N–H and O–H groups in total. The van der Waals surface area contributed by atoms with Crippen LogP contribution >= 0.6 is 0 Å². The normalized spacial score (nSPS) is 24.7. The first-order valence-corrected chi connectivity index (χ1v) is 5.81. The van der Waals surface area contributed by atoms with Crippen LogP contribution in [0.3, 0.4) is 0 Å². The molecule has 4 heteroatoms. The van der Waals surface area contributed by atoms with Gasteiger partial charge in [0, 0.05) is 19.7 Å². The van der Waals surface area contributed by atoms with Gasteiger partial charge in [-0.15, -0.1) is 0 Å². The molecule has 1 amide bonds. The van der Waals surface area contributed by atoms with Crippen LogP contribution in [-0.4, -0.2) is 42.6 Å². The maximum absolute atomic E-state index is 11.9. The van der Waals surface area contributed by atoms with Gasteiger partial charge in [-0.25, -0.2) is 0 Å². The lowest BCUT2D eigenvalue weighted by Gasteiger charge is -2.25. The van der Waals surface area contributed by atoms with Gasteiger partial charge < -0.3 is 15.4 Å². The minimum Gasteiger partial charge on any atom is -0.377 e. The van der Waals surface area contributed by atoms with Crippen LogP contribution in [0.15, 0.2) is 0 Å². The van der Waals surface area contributed by atoms with Crippen LogP contribution < -0.4 is 5.73 Å². The minimum atomic E-state index is -0.333. The van der Waals surface area contributed by atoms with Gasteiger partial charge in [-0.2, -0.15) is 0 Å². The van der Waals surface area contributed by atoms with Gasteiger partial charge in [-0.3, -0.25) is 4.79 Å². The van der Waals surface area contributed by atoms with Crippen molar-refractivity contribution >= 4 is 5.91 Å². The Balaban J connectivity index is 2.49. The molecule has 1 rings (SSSR count). The molecule has 0 aromatic carbocycles. The van der Waals surface area contributed by atoms with E-state index in [2.05, 4.69) is 0 Å². The number of nitrogens with two attached hydrogens (primary N) is 1. The Morgan fingerprint density at radius 1 is 1.67 bits per heavy atom. The maximum atomic E-state index is 11.9. The monoisotopic (exact) mass is 214 g/mol. The molecule has 2 atom stereocenters. The highest BCUT2D eigenvalue weighted by Gasteiger charge is 2.23. The van der Waals surface area contributed by atoms with Gasteiger partial charge in [0.1, 0.15) is 0 Å². The number of amides is 1. The third kappa shape index (κ3) is 3.80. The molecule has 1 aliphatic heterocycles. The summed E-state index contributed by atoms with van der Waals surface area (Å²) in [5.74, 6) is 0.0780. The van der Waals surface area contributed by atoms with Gasteiger partial charge >= 0.3 is 0 Å². The maximum Gasteiger partial charge on any atom is 0.239 e. The van der Waals surface area contributed by atoms with Crippen LogP contribution in [0, 0.1) is 0 Å². The van der Waals surface area contributed by atoms with E-state index in [0.717, 1.165) is 32.4 Å². The SMILES string of the molecule is CCC[C@@H](N)C(=O)N1CCCOC(C)C1. The van der Waals surface area contributed by atoms with E-state index in [0.29, 0.717) is 6.54 Å². The van der Waals surface area contributed by atoms with E-state index in [9.17, 15) is 4.79 Å². The second-order valence-corrected chi connectivity index (χ2v) is 4.21. The van der Waals surface area contributed by atoms with Gasteiger partial charge in [0.15, 0.2) is 0 Å². The van der Waals surface area contributed by atoms with E-state index in [4.69, 9.17) is 10.5 Å². The second-order valence-electron chi connectivity index (χ2n) is 4.21. The molecule has 0 aromatic rings. The molecular formula is C11H22N2O2. The molecule has 0 spiro atoms. The highest BCUT2D eigenvalue weighted by atomic mass is 16.5. The van der Waals surface area contributed by atoms with E-state index in [1.807, 2.05) is 18.7 Å². The van der Waals surface area contributed by atoms with Crippen molar-refractivity contribution in [3.63, 3.8) is 0 Å². The van der Waals surface area contributed by atoms with Crippen LogP contribution in [0.25, 0.3) is 0 Å². The Morgan fingerprint density at radius 3 is 3.07 bits per heavy atom. The average molecular weight is 214 g/mol. The summed E-state index contributed by atoms with van der Waals surface area (Å²) in [5, 5.41) is 0. The van der Waals surface area contributed by atoms with E-state index in [1.165, 1.54) is 0 Å². The quantitative estimate of drug-likeness (QED) is 0.754. The number of ether oxygens (including phenoxy) is 1. The standard InChI is InChI=1S/C11H22N2O2/c1-3-5-10(12)11(14)13-6-4-7-15-9(2)8-13/h9-10H,3-8,12H2,1-2H3/t9?,10-/m1/s1. The number of hydrogen-bond acceptors (Lipinski definition) is 3. The summed E-state index contributed by atoms with van der Waals surface area (Å²) < 4.78 is 5.49. The van der Waals surface area contributed by atoms with Crippen molar-refractivity contribution in [2.24, 2.45) is 5.73 Å². The van der Waals surface area contributed by atoms with E-state index < -0.39 is 0 Å². The second kappa shape index (κ2) is 6.08. The molecule has 0 radical (unpaired) electrons. The van der Waals surface area contributed by atoms with E-state index in [1.54, 1.807) is 0 Å². The predicted octanol–water partition coefficient (Wildman–Crippen LogP) is 0.751. The van der Waals surface area contributed by atoms with Crippen molar-refractivity contribution in [2.45, 2.75) is 45.3 Å². The van der Waals surface area contributed by atoms with Crippen molar-refractivity contribution in [3.05, 3.63) is 0 Å². The largest absolute Gasteiger partial charge is 0.377 e. The minimum absolute atomic E-state index is 0.0780. The lowest BCUT2D eigenvalue weighted by atomic mass is 10.1. The first kappa shape index (κ1) is 12.5. The lowest BCUT2D eigenvalue weighted by Crippen LogP contribution is -2.45. The van der Waals surface area contributed by atoms with Crippen molar-refractivity contribution in [1.29, 1.82) is 0 Å². The Morgan fingerprint density at radius 2 is 2.40 bits per heavy atom. The molecule has 0 saturated carbocycles. The summed E-state index contributed by atoms with van der Waals surface area (Å²) in [4.78, 5) is 13.8. The summed E-state index contributed by atoms with van der Waals surface area (Å²) in [6, 6.07) is -0.333. The summed E-state index contributed by atoms with van der Waals surface area (Å²) in [5.41, 5.74) is 5.82. The van der Waals surface area contributed by atoms with Crippen molar-refractivity contribution in [3.8, 4) is 0 Å². The fourth-order valence-corrected chi connectivity index (χ4v) is 1.86. The van der Waals surface area contributed by atoms with E-state index in [-0.39, 0.29) is 18.1 Å². The zero-order valence-corrected chi connectivity index (χ0v) is 9.74. The average Bonchev–Trinajstić information content (AvgIpc) is 2.42. The van der Waals surface area contributed by atoms with Crippen LogP contribution in [-0.2, 0) is 9.53 Å². The molecule has 1 fully saturated rings. The summed E-state index contributed by atoms with van der Waals surface area (Å²) in [7, 11) is 0. The fourth-order valence-electron chi connectivity index (χ4n) is 1.86. The molecule has 1 heterocycles. The van der Waals surface area contributed by atoms with Gasteiger partial charge in [-0.1, -0.05) is 13.3 Å². The van der Waals surface area contributed by atoms with Gasteiger partial charge in [0.05, 0.1) is 12.1 Å². The number of carbonyl (C=O) groups excluding carboxylic acids is 1. The van der Waals surface area contributed by atoms with E-state index >= 15 is 0 Å². The lowest BCUT2D eigenvalue weighted by molar-refractivity contribution is -0.133. The zero-order chi connectivity index (χ0) is 11.3. The number of hydrogen-bond donors (Lipinski definition) is 1. The smallest absolute Gasteiger partial charge is 0.239 e. The molecule has 1 saturated heterocycles. The summed E-state index contributed by atoms with van der Waals surface area (Å²) >= 11 is 0. The topological polar surface area (TPSA) is 55.6 Å². The highest BCUT2D eigenvalue weighted by molar-refractivity contribution is 5.81. The predicted molar refractivity (Wildman–Crippen MR) is 59.5 cm³/mol. The fraction of sp³-hybridized carbons (Fsp3) is 0.909. The van der Waals surface area contributed by atoms with Crippen molar-refractivity contribution < 1.29 is 9.53 Å². The molecule has 1 aliphatic rings. The Labute approximate surface area is 91.8 Å². The van der Waals surface area contributed by atoms with Crippen LogP contribution in [0.1, 0.15) is 33.1 Å². The van der Waals surface area contributed by atoms with Gasteiger partial charge in [0.2, 0.25) is 5.91 Å². The molecule has 88 valence electrons. The zero-order valence-electron chi connectivity index (χ0n) is 9.74. The molecule has 0 bridgehead atoms. The third-order valence-electron chi connectivity index (χ3n) is 2.68. The van der Waals surface area contributed by atoms with Crippen molar-refractivity contribution in [1.82, 2.24) is 4.90 Å². The van der Waals surface area contributed by atoms with Crippen molar-refractivity contribution in [2.75, 3.05) is 19.7 Å². The van der Waals surface area contributed by atoms with Crippen LogP contribution in [0.5, 0.6) is 0 Å². The Kier molecular flexibility index (Phi) is 5.05. The van der Waals surface area contributed by atoms with Gasteiger partial charge in [0.25, 0.3) is 0 Å². The molecule has 0 aromatic heterocycles. The first-order valence-electron chi connectivity index (χ1n) is 5.81. The highest BCUT2D eigenvalue weighted by Crippen LogP contribution is 2.08. The molecule has 4 nitrogen and oxygen atoms in total. The molecule has 0 aliphatic carbocycles. The Bertz CT molecular complexity index is 209. The third-order valence-corrected chi connectivity index (χ3v) is 2.68. The van der Waals surface area contributed by atoms with Crippen LogP contribution in [0.4, 0.5) is 0 Å². The molecule has 15 heavy (non-hydrogen) atoms. The first-order chi connectivity index (χ1) is 7.15. The number of rotatable bonds is 3. The number of carbonyl (C=O) groups is 1. The molecular weight excluding hydrogens is 192 g/mol. The summed E-state index contributed by atoms with van der Waals surface area (Å²) in [6.07, 6.45) is 2.76. The summed E-state index contributed by atoms with van der Waals surface area (Å²) in [6.45, 7) is 6.24. The molecule has 1 unspecified atom stereocenters.